The van der Waals surface area contributed by atoms with Gasteiger partial charge in [0.25, 0.3) is 5.91 Å². The maximum Gasteiger partial charge on any atom is 0.265 e. The number of hydrogen-bond donors (Lipinski definition) is 2. The van der Waals surface area contributed by atoms with Gasteiger partial charge in [-0.2, -0.15) is 0 Å². The van der Waals surface area contributed by atoms with Gasteiger partial charge in [0, 0.05) is 12.1 Å². The van der Waals surface area contributed by atoms with Crippen molar-refractivity contribution >= 4 is 5.91 Å². The van der Waals surface area contributed by atoms with Crippen LogP contribution in [0.1, 0.15) is 16.8 Å². The maximum absolute atomic E-state index is 13.6. The molecule has 0 unspecified atom stereocenters. The molecule has 1 amide bonds. The second kappa shape index (κ2) is 6.93. The van der Waals surface area contributed by atoms with E-state index in [1.54, 1.807) is 0 Å². The molecule has 1 rings (SSSR count). The van der Waals surface area contributed by atoms with Gasteiger partial charge >= 0.3 is 0 Å². The Bertz CT molecular complexity index is 410. The second-order valence-corrected chi connectivity index (χ2v) is 4.12. The third kappa shape index (κ3) is 4.31. The summed E-state index contributed by atoms with van der Waals surface area (Å²) in [5.41, 5.74) is 2.10. The molecule has 100 valence electrons. The number of nitrogens with one attached hydrogen (secondary N) is 1. The Hall–Kier alpha value is -1.66. The molecule has 1 aromatic rings. The highest BCUT2D eigenvalue weighted by atomic mass is 19.1. The van der Waals surface area contributed by atoms with Crippen LogP contribution in [-0.2, 0) is 0 Å². The van der Waals surface area contributed by atoms with Crippen LogP contribution in [-0.4, -0.2) is 38.1 Å². The van der Waals surface area contributed by atoms with E-state index in [2.05, 4.69) is 0 Å². The molecule has 0 aliphatic rings. The minimum absolute atomic E-state index is 0.141. The summed E-state index contributed by atoms with van der Waals surface area (Å²) in [6.45, 7) is 1.30. The van der Waals surface area contributed by atoms with Gasteiger partial charge in [-0.25, -0.2) is 10.2 Å². The van der Waals surface area contributed by atoms with Gasteiger partial charge in [0.15, 0.2) is 11.6 Å². The van der Waals surface area contributed by atoms with Crippen molar-refractivity contribution in [1.29, 1.82) is 0 Å². The molecule has 0 radical (unpaired) electrons. The first-order valence-corrected chi connectivity index (χ1v) is 5.62. The van der Waals surface area contributed by atoms with E-state index in [-0.39, 0.29) is 11.3 Å². The SMILES string of the molecule is CN(C)CCCOc1ccc(C(=O)NN)cc1F. The fourth-order valence-electron chi connectivity index (χ4n) is 1.41. The van der Waals surface area contributed by atoms with Crippen molar-refractivity contribution in [3.8, 4) is 5.75 Å². The molecule has 0 aromatic heterocycles. The van der Waals surface area contributed by atoms with Crippen LogP contribution >= 0.6 is 0 Å². The third-order valence-corrected chi connectivity index (χ3v) is 2.33. The molecular formula is C12H18FN3O2. The first-order valence-electron chi connectivity index (χ1n) is 5.62. The normalized spacial score (nSPS) is 10.5. The number of carbonyl (C=O) groups is 1. The number of carbonyl (C=O) groups excluding carboxylic acids is 1. The number of hydrazine groups is 1. The highest BCUT2D eigenvalue weighted by Gasteiger charge is 2.09. The van der Waals surface area contributed by atoms with Gasteiger partial charge in [-0.3, -0.25) is 10.2 Å². The molecule has 0 spiro atoms. The number of halogens is 1. The average Bonchev–Trinajstić information content (AvgIpc) is 2.34. The molecule has 0 saturated heterocycles. The van der Waals surface area contributed by atoms with Gasteiger partial charge < -0.3 is 9.64 Å². The van der Waals surface area contributed by atoms with Crippen LogP contribution in [0.2, 0.25) is 0 Å². The van der Waals surface area contributed by atoms with Crippen molar-refractivity contribution in [1.82, 2.24) is 10.3 Å². The Morgan fingerprint density at radius 2 is 2.22 bits per heavy atom. The van der Waals surface area contributed by atoms with E-state index < -0.39 is 11.7 Å². The van der Waals surface area contributed by atoms with Crippen LogP contribution in [0.3, 0.4) is 0 Å². The Morgan fingerprint density at radius 1 is 1.50 bits per heavy atom. The zero-order chi connectivity index (χ0) is 13.5. The van der Waals surface area contributed by atoms with E-state index in [0.717, 1.165) is 19.0 Å². The zero-order valence-electron chi connectivity index (χ0n) is 10.6. The maximum atomic E-state index is 13.6. The van der Waals surface area contributed by atoms with Crippen LogP contribution in [0.15, 0.2) is 18.2 Å². The fourth-order valence-corrected chi connectivity index (χ4v) is 1.41. The Morgan fingerprint density at radius 3 is 2.78 bits per heavy atom. The van der Waals surface area contributed by atoms with Crippen molar-refractivity contribution in [3.05, 3.63) is 29.6 Å². The molecule has 0 atom stereocenters. The number of amides is 1. The molecule has 0 aliphatic carbocycles. The molecule has 0 aliphatic heterocycles. The summed E-state index contributed by atoms with van der Waals surface area (Å²) in [5, 5.41) is 0. The van der Waals surface area contributed by atoms with Crippen LogP contribution in [0.4, 0.5) is 4.39 Å². The summed E-state index contributed by atoms with van der Waals surface area (Å²) in [6.07, 6.45) is 0.803. The molecular weight excluding hydrogens is 237 g/mol. The van der Waals surface area contributed by atoms with E-state index in [1.165, 1.54) is 12.1 Å². The summed E-state index contributed by atoms with van der Waals surface area (Å²) in [5.74, 6) is 4.00. The molecule has 1 aromatic carbocycles. The summed E-state index contributed by atoms with van der Waals surface area (Å²) >= 11 is 0. The molecule has 0 bridgehead atoms. The van der Waals surface area contributed by atoms with Crippen molar-refractivity contribution < 1.29 is 13.9 Å². The standard InChI is InChI=1S/C12H18FN3O2/c1-16(2)6-3-7-18-11-5-4-9(8-10(11)13)12(17)15-14/h4-5,8H,3,6-7,14H2,1-2H3,(H,15,17). The number of nitrogens with zero attached hydrogens (tertiary/aromatic N) is 1. The number of ether oxygens (including phenoxy) is 1. The smallest absolute Gasteiger partial charge is 0.265 e. The lowest BCUT2D eigenvalue weighted by molar-refractivity contribution is 0.0953. The van der Waals surface area contributed by atoms with Crippen LogP contribution in [0.5, 0.6) is 5.75 Å². The number of nitrogen functional groups attached to an aromatic ring is 1. The molecule has 0 fully saturated rings. The minimum atomic E-state index is -0.569. The first kappa shape index (κ1) is 14.4. The molecule has 3 N–H and O–H groups in total. The van der Waals surface area contributed by atoms with Crippen molar-refractivity contribution in [2.75, 3.05) is 27.2 Å². The zero-order valence-corrected chi connectivity index (χ0v) is 10.6. The predicted octanol–water partition coefficient (Wildman–Crippen LogP) is 0.760. The third-order valence-electron chi connectivity index (χ3n) is 2.33. The van der Waals surface area contributed by atoms with E-state index in [9.17, 15) is 9.18 Å². The number of nitrogens with two attached hydrogens (primary N) is 1. The number of hydrogen-bond acceptors (Lipinski definition) is 4. The topological polar surface area (TPSA) is 67.6 Å². The Labute approximate surface area is 106 Å². The van der Waals surface area contributed by atoms with Crippen molar-refractivity contribution in [2.24, 2.45) is 5.84 Å². The fraction of sp³-hybridized carbons (Fsp3) is 0.417. The lowest BCUT2D eigenvalue weighted by Gasteiger charge is -2.11. The van der Waals surface area contributed by atoms with Gasteiger partial charge in [0.05, 0.1) is 6.61 Å². The highest BCUT2D eigenvalue weighted by Crippen LogP contribution is 2.18. The summed E-state index contributed by atoms with van der Waals surface area (Å²) < 4.78 is 18.9. The highest BCUT2D eigenvalue weighted by molar-refractivity contribution is 5.93. The molecule has 5 nitrogen and oxygen atoms in total. The van der Waals surface area contributed by atoms with E-state index >= 15 is 0 Å². The summed E-state index contributed by atoms with van der Waals surface area (Å²) in [7, 11) is 3.92. The lowest BCUT2D eigenvalue weighted by Crippen LogP contribution is -2.30. The monoisotopic (exact) mass is 255 g/mol. The minimum Gasteiger partial charge on any atom is -0.490 e. The largest absolute Gasteiger partial charge is 0.490 e. The van der Waals surface area contributed by atoms with E-state index in [1.807, 2.05) is 24.4 Å². The lowest BCUT2D eigenvalue weighted by atomic mass is 10.2. The summed E-state index contributed by atoms with van der Waals surface area (Å²) in [4.78, 5) is 13.2. The van der Waals surface area contributed by atoms with Crippen LogP contribution in [0.25, 0.3) is 0 Å². The molecule has 0 heterocycles. The van der Waals surface area contributed by atoms with Gasteiger partial charge in [0.1, 0.15) is 0 Å². The molecule has 18 heavy (non-hydrogen) atoms. The van der Waals surface area contributed by atoms with Crippen molar-refractivity contribution in [2.45, 2.75) is 6.42 Å². The van der Waals surface area contributed by atoms with E-state index in [4.69, 9.17) is 10.6 Å². The van der Waals surface area contributed by atoms with Crippen LogP contribution in [0, 0.1) is 5.82 Å². The van der Waals surface area contributed by atoms with Gasteiger partial charge in [-0.1, -0.05) is 0 Å². The summed E-state index contributed by atoms with van der Waals surface area (Å²) in [6, 6.07) is 3.99. The van der Waals surface area contributed by atoms with Gasteiger partial charge in [-0.15, -0.1) is 0 Å². The molecule has 0 saturated carbocycles. The average molecular weight is 255 g/mol. The predicted molar refractivity (Wildman–Crippen MR) is 66.7 cm³/mol. The quantitative estimate of drug-likeness (QED) is 0.341. The number of rotatable bonds is 6. The number of benzene rings is 1. The molecule has 6 heteroatoms. The van der Waals surface area contributed by atoms with Gasteiger partial charge in [-0.05, 0) is 38.7 Å². The van der Waals surface area contributed by atoms with E-state index in [0.29, 0.717) is 6.61 Å². The second-order valence-electron chi connectivity index (χ2n) is 4.12. The Kier molecular flexibility index (Phi) is 5.54. The van der Waals surface area contributed by atoms with Crippen molar-refractivity contribution in [3.63, 3.8) is 0 Å². The van der Waals surface area contributed by atoms with Crippen LogP contribution < -0.4 is 16.0 Å². The van der Waals surface area contributed by atoms with Gasteiger partial charge in [0.2, 0.25) is 0 Å². The Balaban J connectivity index is 2.55. The first-order chi connectivity index (χ1) is 8.54.